The lowest BCUT2D eigenvalue weighted by atomic mass is 9.99. The number of anilines is 1. The molecule has 5 rings (SSSR count). The third-order valence-electron chi connectivity index (χ3n) is 5.30. The standard InChI is InChI=1S/C21H15F5N8/c22-14-2-1-11(7-15(14)23)20-13(12-5-6-28-16(19(12)27)8-21(24,25)26)9-33(32-20)18-4-3-17-30-29-10-34(17)31-18/h1-2,5-7,9-10H,3-4,8,27H2. The molecule has 0 atom stereocenters. The number of hydrogen-bond acceptors (Lipinski definition) is 6. The van der Waals surface area contributed by atoms with Gasteiger partial charge in [0.15, 0.2) is 23.3 Å². The predicted octanol–water partition coefficient (Wildman–Crippen LogP) is 3.82. The van der Waals surface area contributed by atoms with E-state index in [0.717, 1.165) is 12.1 Å². The first-order valence-electron chi connectivity index (χ1n) is 10.0. The molecule has 0 amide bonds. The summed E-state index contributed by atoms with van der Waals surface area (Å²) in [5, 5.41) is 16.7. The summed E-state index contributed by atoms with van der Waals surface area (Å²) in [7, 11) is 0. The molecule has 1 aliphatic rings. The molecule has 34 heavy (non-hydrogen) atoms. The second-order valence-corrected chi connectivity index (χ2v) is 7.58. The number of aromatic nitrogens is 6. The topological polar surface area (TPSA) is 99.8 Å². The number of hydrogen-bond donors (Lipinski definition) is 1. The zero-order valence-electron chi connectivity index (χ0n) is 17.3. The lowest BCUT2D eigenvalue weighted by molar-refractivity contribution is -0.127. The first-order chi connectivity index (χ1) is 16.2. The summed E-state index contributed by atoms with van der Waals surface area (Å²) in [6.07, 6.45) is -0.678. The number of alkyl halides is 3. The molecule has 8 nitrogen and oxygen atoms in total. The Morgan fingerprint density at radius 1 is 1.03 bits per heavy atom. The van der Waals surface area contributed by atoms with E-state index in [4.69, 9.17) is 5.73 Å². The van der Waals surface area contributed by atoms with Crippen LogP contribution < -0.4 is 5.73 Å². The van der Waals surface area contributed by atoms with Gasteiger partial charge in [-0.3, -0.25) is 4.98 Å². The molecular formula is C21H15F5N8. The van der Waals surface area contributed by atoms with Crippen molar-refractivity contribution in [1.29, 1.82) is 0 Å². The largest absolute Gasteiger partial charge is 0.397 e. The van der Waals surface area contributed by atoms with Crippen LogP contribution in [-0.4, -0.2) is 41.6 Å². The molecule has 1 aliphatic heterocycles. The molecule has 4 aromatic rings. The average Bonchev–Trinajstić information content (AvgIpc) is 3.43. The Balaban J connectivity index is 1.68. The highest BCUT2D eigenvalue weighted by atomic mass is 19.4. The number of nitrogen functional groups attached to an aromatic ring is 1. The van der Waals surface area contributed by atoms with E-state index in [-0.39, 0.29) is 28.2 Å². The van der Waals surface area contributed by atoms with Gasteiger partial charge in [0.05, 0.1) is 17.8 Å². The van der Waals surface area contributed by atoms with Gasteiger partial charge >= 0.3 is 6.18 Å². The van der Waals surface area contributed by atoms with Crippen LogP contribution in [0.5, 0.6) is 0 Å². The van der Waals surface area contributed by atoms with Crippen LogP contribution in [-0.2, 0) is 12.8 Å². The minimum absolute atomic E-state index is 0.185. The molecule has 0 aliphatic carbocycles. The Morgan fingerprint density at radius 2 is 1.85 bits per heavy atom. The van der Waals surface area contributed by atoms with E-state index in [1.165, 1.54) is 40.2 Å². The van der Waals surface area contributed by atoms with Gasteiger partial charge in [0.25, 0.3) is 0 Å². The van der Waals surface area contributed by atoms with Gasteiger partial charge in [0.1, 0.15) is 12.0 Å². The molecule has 0 saturated carbocycles. The van der Waals surface area contributed by atoms with Crippen LogP contribution in [0.1, 0.15) is 17.9 Å². The zero-order valence-corrected chi connectivity index (χ0v) is 17.3. The summed E-state index contributed by atoms with van der Waals surface area (Å²) in [4.78, 5) is 3.77. The quantitative estimate of drug-likeness (QED) is 0.455. The van der Waals surface area contributed by atoms with E-state index >= 15 is 0 Å². The van der Waals surface area contributed by atoms with Gasteiger partial charge < -0.3 is 5.73 Å². The van der Waals surface area contributed by atoms with Crippen molar-refractivity contribution in [3.8, 4) is 22.4 Å². The molecule has 0 unspecified atom stereocenters. The normalized spacial score (nSPS) is 13.6. The first kappa shape index (κ1) is 21.7. The second-order valence-electron chi connectivity index (χ2n) is 7.58. The first-order valence-corrected chi connectivity index (χ1v) is 10.0. The molecule has 3 aromatic heterocycles. The third-order valence-corrected chi connectivity index (χ3v) is 5.30. The second kappa shape index (κ2) is 8.01. The molecular weight excluding hydrogens is 459 g/mol. The summed E-state index contributed by atoms with van der Waals surface area (Å²) in [5.41, 5.74) is 6.48. The monoisotopic (exact) mass is 474 g/mol. The number of halogens is 5. The highest BCUT2D eigenvalue weighted by Crippen LogP contribution is 2.37. The molecule has 0 radical (unpaired) electrons. The van der Waals surface area contributed by atoms with E-state index in [2.05, 4.69) is 25.4 Å². The van der Waals surface area contributed by atoms with Crippen LogP contribution in [0.3, 0.4) is 0 Å². The Kier molecular flexibility index (Phi) is 5.10. The Morgan fingerprint density at radius 3 is 2.62 bits per heavy atom. The SMILES string of the molecule is Nc1c(-c2cn(C3=Nn4cnnc4CC3)nc2-c2ccc(F)c(F)c2)ccnc1CC(F)(F)F. The minimum atomic E-state index is -4.51. The molecule has 1 aromatic carbocycles. The molecule has 0 bridgehead atoms. The summed E-state index contributed by atoms with van der Waals surface area (Å²) < 4.78 is 69.5. The molecule has 13 heteroatoms. The highest BCUT2D eigenvalue weighted by Gasteiger charge is 2.31. The van der Waals surface area contributed by atoms with E-state index in [1.807, 2.05) is 0 Å². The summed E-state index contributed by atoms with van der Waals surface area (Å²) in [6.45, 7) is 0. The van der Waals surface area contributed by atoms with Crippen LogP contribution in [0.2, 0.25) is 0 Å². The van der Waals surface area contributed by atoms with Crippen molar-refractivity contribution in [2.24, 2.45) is 5.10 Å². The van der Waals surface area contributed by atoms with Gasteiger partial charge in [-0.1, -0.05) is 0 Å². The maximum Gasteiger partial charge on any atom is 0.394 e. The number of rotatable bonds is 3. The molecule has 0 fully saturated rings. The fraction of sp³-hybridized carbons (Fsp3) is 0.190. The average molecular weight is 474 g/mol. The molecule has 4 heterocycles. The van der Waals surface area contributed by atoms with Crippen LogP contribution >= 0.6 is 0 Å². The van der Waals surface area contributed by atoms with Crippen molar-refractivity contribution in [3.05, 3.63) is 66.1 Å². The maximum absolute atomic E-state index is 14.0. The maximum atomic E-state index is 14.0. The lowest BCUT2D eigenvalue weighted by Gasteiger charge is -2.12. The number of pyridine rings is 1. The van der Waals surface area contributed by atoms with Gasteiger partial charge in [0.2, 0.25) is 0 Å². The van der Waals surface area contributed by atoms with E-state index < -0.39 is 24.2 Å². The third kappa shape index (κ3) is 4.00. The lowest BCUT2D eigenvalue weighted by Crippen LogP contribution is -2.20. The van der Waals surface area contributed by atoms with Crippen molar-refractivity contribution in [2.45, 2.75) is 25.4 Å². The van der Waals surface area contributed by atoms with E-state index in [1.54, 1.807) is 0 Å². The van der Waals surface area contributed by atoms with E-state index in [0.29, 0.717) is 30.1 Å². The van der Waals surface area contributed by atoms with Crippen molar-refractivity contribution < 1.29 is 22.0 Å². The highest BCUT2D eigenvalue weighted by molar-refractivity contribution is 5.91. The zero-order chi connectivity index (χ0) is 24.0. The van der Waals surface area contributed by atoms with Crippen molar-refractivity contribution >= 4 is 11.5 Å². The fourth-order valence-corrected chi connectivity index (χ4v) is 3.70. The smallest absolute Gasteiger partial charge is 0.394 e. The summed E-state index contributed by atoms with van der Waals surface area (Å²) >= 11 is 0. The number of nitrogens with zero attached hydrogens (tertiary/aromatic N) is 7. The van der Waals surface area contributed by atoms with Crippen molar-refractivity contribution in [2.75, 3.05) is 5.73 Å². The van der Waals surface area contributed by atoms with Gasteiger partial charge in [-0.15, -0.1) is 10.2 Å². The van der Waals surface area contributed by atoms with Crippen LogP contribution in [0.4, 0.5) is 27.6 Å². The van der Waals surface area contributed by atoms with Gasteiger partial charge in [-0.2, -0.15) is 23.4 Å². The Bertz CT molecular complexity index is 1420. The number of nitrogens with two attached hydrogens (primary N) is 1. The van der Waals surface area contributed by atoms with Gasteiger partial charge in [-0.05, 0) is 24.3 Å². The number of benzene rings is 1. The Hall–Kier alpha value is -4.16. The van der Waals surface area contributed by atoms with Crippen LogP contribution in [0.25, 0.3) is 22.4 Å². The summed E-state index contributed by atoms with van der Waals surface area (Å²) in [5.74, 6) is -0.988. The van der Waals surface area contributed by atoms with E-state index in [9.17, 15) is 22.0 Å². The number of aryl methyl sites for hydroxylation is 1. The molecule has 174 valence electrons. The molecule has 2 N–H and O–H groups in total. The van der Waals surface area contributed by atoms with Gasteiger partial charge in [-0.25, -0.2) is 18.1 Å². The summed E-state index contributed by atoms with van der Waals surface area (Å²) in [6, 6.07) is 4.67. The van der Waals surface area contributed by atoms with Crippen molar-refractivity contribution in [3.63, 3.8) is 0 Å². The Labute approximate surface area is 188 Å². The van der Waals surface area contributed by atoms with Crippen LogP contribution in [0, 0.1) is 11.6 Å². The fourth-order valence-electron chi connectivity index (χ4n) is 3.70. The van der Waals surface area contributed by atoms with Gasteiger partial charge in [0, 0.05) is 41.9 Å². The molecule has 0 saturated heterocycles. The van der Waals surface area contributed by atoms with Crippen LogP contribution in [0.15, 0.2) is 48.1 Å². The van der Waals surface area contributed by atoms with Crippen molar-refractivity contribution in [1.82, 2.24) is 29.6 Å². The minimum Gasteiger partial charge on any atom is -0.397 e. The molecule has 0 spiro atoms. The number of fused-ring (bicyclic) bond motifs is 1. The predicted molar refractivity (Wildman–Crippen MR) is 112 cm³/mol.